The van der Waals surface area contributed by atoms with E-state index in [1.165, 1.54) is 12.1 Å². The average Bonchev–Trinajstić information content (AvgIpc) is 2.65. The standard InChI is InChI=1S/C20H24N2O6S/c1-14(2)16-9-11-17(12-10-16)21(13-20(23)28-15(3)4)29(26,27)19-8-6-5-7-18(19)22(24)25/h5-12,14-15H,13H2,1-4H3. The van der Waals surface area contributed by atoms with E-state index < -0.39 is 44.1 Å². The first-order chi connectivity index (χ1) is 13.5. The molecule has 0 aliphatic rings. The fourth-order valence-corrected chi connectivity index (χ4v) is 4.27. The minimum Gasteiger partial charge on any atom is -0.462 e. The molecule has 0 fully saturated rings. The van der Waals surface area contributed by atoms with E-state index in [4.69, 9.17) is 4.74 Å². The normalized spacial score (nSPS) is 11.5. The molecule has 0 atom stereocenters. The van der Waals surface area contributed by atoms with Crippen molar-refractivity contribution in [3.63, 3.8) is 0 Å². The van der Waals surface area contributed by atoms with Gasteiger partial charge in [0.25, 0.3) is 15.7 Å². The highest BCUT2D eigenvalue weighted by molar-refractivity contribution is 7.93. The molecule has 0 N–H and O–H groups in total. The second-order valence-corrected chi connectivity index (χ2v) is 8.85. The number of hydrogen-bond donors (Lipinski definition) is 0. The summed E-state index contributed by atoms with van der Waals surface area (Å²) >= 11 is 0. The lowest BCUT2D eigenvalue weighted by Gasteiger charge is -2.24. The second kappa shape index (κ2) is 9.04. The molecular formula is C20H24N2O6S. The smallest absolute Gasteiger partial charge is 0.327 e. The third-order valence-corrected chi connectivity index (χ3v) is 5.94. The van der Waals surface area contributed by atoms with Crippen LogP contribution >= 0.6 is 0 Å². The van der Waals surface area contributed by atoms with Crippen LogP contribution in [0.2, 0.25) is 0 Å². The number of hydrogen-bond acceptors (Lipinski definition) is 6. The maximum Gasteiger partial charge on any atom is 0.327 e. The van der Waals surface area contributed by atoms with Crippen LogP contribution in [0.3, 0.4) is 0 Å². The van der Waals surface area contributed by atoms with E-state index in [9.17, 15) is 23.3 Å². The third kappa shape index (κ3) is 5.32. The molecule has 29 heavy (non-hydrogen) atoms. The molecule has 2 rings (SSSR count). The van der Waals surface area contributed by atoms with Crippen LogP contribution in [-0.2, 0) is 19.6 Å². The van der Waals surface area contributed by atoms with E-state index in [1.807, 2.05) is 13.8 Å². The Kier molecular flexibility index (Phi) is 6.97. The molecule has 8 nitrogen and oxygen atoms in total. The summed E-state index contributed by atoms with van der Waals surface area (Å²) in [5.41, 5.74) is 0.642. The van der Waals surface area contributed by atoms with Crippen LogP contribution in [0.4, 0.5) is 11.4 Å². The van der Waals surface area contributed by atoms with Gasteiger partial charge >= 0.3 is 5.97 Å². The van der Waals surface area contributed by atoms with Gasteiger partial charge in [0.15, 0.2) is 4.90 Å². The van der Waals surface area contributed by atoms with Crippen LogP contribution in [0.1, 0.15) is 39.2 Å². The summed E-state index contributed by atoms with van der Waals surface area (Å²) in [6.07, 6.45) is -0.429. The van der Waals surface area contributed by atoms with Gasteiger partial charge in [-0.3, -0.25) is 19.2 Å². The van der Waals surface area contributed by atoms with Crippen molar-refractivity contribution in [2.75, 3.05) is 10.8 Å². The molecule has 0 bridgehead atoms. The molecule has 2 aromatic carbocycles. The Morgan fingerprint density at radius 1 is 1.07 bits per heavy atom. The Hall–Kier alpha value is -2.94. The number of nitrogens with zero attached hydrogens (tertiary/aromatic N) is 2. The van der Waals surface area contributed by atoms with Gasteiger partial charge in [0.2, 0.25) is 0 Å². The maximum atomic E-state index is 13.3. The Morgan fingerprint density at radius 2 is 1.66 bits per heavy atom. The number of esters is 1. The number of carbonyl (C=O) groups excluding carboxylic acids is 1. The summed E-state index contributed by atoms with van der Waals surface area (Å²) in [6.45, 7) is 6.69. The minimum atomic E-state index is -4.40. The first-order valence-electron chi connectivity index (χ1n) is 9.09. The van der Waals surface area contributed by atoms with Gasteiger partial charge in [0.05, 0.1) is 16.7 Å². The van der Waals surface area contributed by atoms with Crippen molar-refractivity contribution in [2.24, 2.45) is 0 Å². The summed E-state index contributed by atoms with van der Waals surface area (Å²) < 4.78 is 32.6. The zero-order valence-electron chi connectivity index (χ0n) is 16.7. The molecule has 2 aromatic rings. The molecule has 9 heteroatoms. The average molecular weight is 420 g/mol. The molecule has 0 spiro atoms. The number of sulfonamides is 1. The van der Waals surface area contributed by atoms with Gasteiger partial charge in [-0.1, -0.05) is 38.1 Å². The summed E-state index contributed by atoms with van der Waals surface area (Å²) in [6, 6.07) is 11.7. The predicted molar refractivity (Wildman–Crippen MR) is 109 cm³/mol. The summed E-state index contributed by atoms with van der Waals surface area (Å²) in [7, 11) is -4.40. The quantitative estimate of drug-likeness (QED) is 0.365. The van der Waals surface area contributed by atoms with E-state index in [0.29, 0.717) is 0 Å². The van der Waals surface area contributed by atoms with Gasteiger partial charge in [0, 0.05) is 6.07 Å². The first kappa shape index (κ1) is 22.4. The van der Waals surface area contributed by atoms with E-state index >= 15 is 0 Å². The van der Waals surface area contributed by atoms with Crippen LogP contribution < -0.4 is 4.31 Å². The molecule has 0 aliphatic carbocycles. The molecule has 0 saturated heterocycles. The van der Waals surface area contributed by atoms with Crippen molar-refractivity contribution in [1.82, 2.24) is 0 Å². The highest BCUT2D eigenvalue weighted by atomic mass is 32.2. The van der Waals surface area contributed by atoms with Crippen molar-refractivity contribution >= 4 is 27.4 Å². The first-order valence-corrected chi connectivity index (χ1v) is 10.5. The Morgan fingerprint density at radius 3 is 2.17 bits per heavy atom. The molecule has 0 saturated carbocycles. The summed E-state index contributed by atoms with van der Waals surface area (Å²) in [5.74, 6) is -0.523. The monoisotopic (exact) mass is 420 g/mol. The number of carbonyl (C=O) groups is 1. The van der Waals surface area contributed by atoms with Crippen LogP contribution in [0.25, 0.3) is 0 Å². The summed E-state index contributed by atoms with van der Waals surface area (Å²) in [5, 5.41) is 11.3. The Balaban J connectivity index is 2.57. The Labute approximate surface area is 170 Å². The van der Waals surface area contributed by atoms with Crippen molar-refractivity contribution in [2.45, 2.75) is 44.6 Å². The number of para-hydroxylation sites is 1. The molecule has 0 aromatic heterocycles. The van der Waals surface area contributed by atoms with Gasteiger partial charge < -0.3 is 4.74 Å². The molecule has 0 heterocycles. The highest BCUT2D eigenvalue weighted by Crippen LogP contribution is 2.30. The number of nitro benzene ring substituents is 1. The zero-order valence-corrected chi connectivity index (χ0v) is 17.5. The number of rotatable bonds is 8. The fraction of sp³-hybridized carbons (Fsp3) is 0.350. The van der Waals surface area contributed by atoms with Gasteiger partial charge in [-0.2, -0.15) is 0 Å². The van der Waals surface area contributed by atoms with E-state index in [1.54, 1.807) is 38.1 Å². The molecule has 156 valence electrons. The van der Waals surface area contributed by atoms with E-state index in [2.05, 4.69) is 0 Å². The zero-order chi connectivity index (χ0) is 21.8. The van der Waals surface area contributed by atoms with Crippen molar-refractivity contribution in [3.05, 3.63) is 64.2 Å². The van der Waals surface area contributed by atoms with E-state index in [0.717, 1.165) is 22.0 Å². The van der Waals surface area contributed by atoms with Crippen LogP contribution in [0.5, 0.6) is 0 Å². The third-order valence-electron chi connectivity index (χ3n) is 4.12. The topological polar surface area (TPSA) is 107 Å². The summed E-state index contributed by atoms with van der Waals surface area (Å²) in [4.78, 5) is 22.3. The second-order valence-electron chi connectivity index (χ2n) is 7.02. The SMILES string of the molecule is CC(C)OC(=O)CN(c1ccc(C(C)C)cc1)S(=O)(=O)c1ccccc1[N+](=O)[O-]. The van der Waals surface area contributed by atoms with Crippen LogP contribution in [0.15, 0.2) is 53.4 Å². The maximum absolute atomic E-state index is 13.3. The largest absolute Gasteiger partial charge is 0.462 e. The molecule has 0 aliphatic heterocycles. The number of ether oxygens (including phenoxy) is 1. The molecule has 0 radical (unpaired) electrons. The Bertz CT molecular complexity index is 984. The minimum absolute atomic E-state index is 0.216. The predicted octanol–water partition coefficient (Wildman–Crippen LogP) is 3.87. The number of anilines is 1. The van der Waals surface area contributed by atoms with Gasteiger partial charge in [-0.25, -0.2) is 8.42 Å². The lowest BCUT2D eigenvalue weighted by Crippen LogP contribution is -2.37. The molecule has 0 unspecified atom stereocenters. The van der Waals surface area contributed by atoms with Gasteiger partial charge in [0.1, 0.15) is 6.54 Å². The van der Waals surface area contributed by atoms with Crippen LogP contribution in [0, 0.1) is 10.1 Å². The van der Waals surface area contributed by atoms with E-state index in [-0.39, 0.29) is 11.6 Å². The highest BCUT2D eigenvalue weighted by Gasteiger charge is 2.33. The van der Waals surface area contributed by atoms with Gasteiger partial charge in [-0.05, 0) is 43.5 Å². The lowest BCUT2D eigenvalue weighted by atomic mass is 10.0. The lowest BCUT2D eigenvalue weighted by molar-refractivity contribution is -0.387. The molecule has 0 amide bonds. The van der Waals surface area contributed by atoms with Crippen molar-refractivity contribution in [3.8, 4) is 0 Å². The van der Waals surface area contributed by atoms with Crippen LogP contribution in [-0.4, -0.2) is 32.0 Å². The van der Waals surface area contributed by atoms with Crippen molar-refractivity contribution in [1.29, 1.82) is 0 Å². The van der Waals surface area contributed by atoms with Crippen molar-refractivity contribution < 1.29 is 22.9 Å². The number of nitro groups is 1. The number of benzene rings is 2. The van der Waals surface area contributed by atoms with Gasteiger partial charge in [-0.15, -0.1) is 0 Å². The molecular weight excluding hydrogens is 396 g/mol. The fourth-order valence-electron chi connectivity index (χ4n) is 2.70.